The van der Waals surface area contributed by atoms with Gasteiger partial charge >= 0.3 is 0 Å². The second-order valence-corrected chi connectivity index (χ2v) is 7.77. The Balaban J connectivity index is 1.53. The van der Waals surface area contributed by atoms with E-state index in [4.69, 9.17) is 4.74 Å². The largest absolute Gasteiger partial charge is 0.492 e. The van der Waals surface area contributed by atoms with E-state index < -0.39 is 0 Å². The van der Waals surface area contributed by atoms with Gasteiger partial charge in [-0.3, -0.25) is 15.1 Å². The highest BCUT2D eigenvalue weighted by Gasteiger charge is 2.12. The van der Waals surface area contributed by atoms with Crippen LogP contribution < -0.4 is 15.4 Å². The Kier molecular flexibility index (Phi) is 6.64. The van der Waals surface area contributed by atoms with Gasteiger partial charge in [0.05, 0.1) is 17.2 Å². The topological polar surface area (TPSA) is 78.5 Å². The lowest BCUT2D eigenvalue weighted by Crippen LogP contribution is -2.36. The highest BCUT2D eigenvalue weighted by Crippen LogP contribution is 2.24. The highest BCUT2D eigenvalue weighted by atomic mass is 32.1. The van der Waals surface area contributed by atoms with Crippen molar-refractivity contribution in [1.82, 2.24) is 10.3 Å². The third-order valence-electron chi connectivity index (χ3n) is 4.74. The summed E-state index contributed by atoms with van der Waals surface area (Å²) in [5.74, 6) is 0.910. The molecule has 31 heavy (non-hydrogen) atoms. The Morgan fingerprint density at radius 2 is 1.94 bits per heavy atom. The summed E-state index contributed by atoms with van der Waals surface area (Å²) >= 11 is 1.39. The zero-order chi connectivity index (χ0) is 21.5. The molecule has 0 aliphatic carbocycles. The van der Waals surface area contributed by atoms with E-state index in [-0.39, 0.29) is 5.91 Å². The summed E-state index contributed by atoms with van der Waals surface area (Å²) in [6.45, 7) is 3.00. The number of guanidine groups is 1. The number of carbonyl (C=O) groups is 1. The van der Waals surface area contributed by atoms with E-state index in [2.05, 4.69) is 32.7 Å². The summed E-state index contributed by atoms with van der Waals surface area (Å²) in [5.41, 5.74) is 3.05. The Bertz CT molecular complexity index is 1180. The molecular weight excluding hydrogens is 408 g/mol. The predicted octanol–water partition coefficient (Wildman–Crippen LogP) is 5.07. The average molecular weight is 433 g/mol. The number of fused-ring (bicyclic) bond motifs is 1. The molecule has 0 aliphatic rings. The number of para-hydroxylation sites is 3. The van der Waals surface area contributed by atoms with Gasteiger partial charge in [-0.2, -0.15) is 0 Å². The van der Waals surface area contributed by atoms with Gasteiger partial charge < -0.3 is 15.0 Å². The number of aliphatic imine (C=N–C) groups is 1. The summed E-state index contributed by atoms with van der Waals surface area (Å²) in [6, 6.07) is 19.4. The fourth-order valence-corrected chi connectivity index (χ4v) is 3.91. The van der Waals surface area contributed by atoms with Crippen LogP contribution in [0.2, 0.25) is 0 Å². The number of amides is 1. The number of carbonyl (C=O) groups excluding carboxylic acids is 1. The summed E-state index contributed by atoms with van der Waals surface area (Å²) in [4.78, 5) is 21.2. The van der Waals surface area contributed by atoms with Crippen molar-refractivity contribution in [2.45, 2.75) is 13.3 Å². The van der Waals surface area contributed by atoms with Gasteiger partial charge in [0.2, 0.25) is 5.96 Å². The fourth-order valence-electron chi connectivity index (χ4n) is 3.29. The van der Waals surface area contributed by atoms with Gasteiger partial charge in [-0.1, -0.05) is 36.4 Å². The van der Waals surface area contributed by atoms with Crippen LogP contribution in [0.1, 0.15) is 22.2 Å². The molecule has 0 atom stereocenters. The van der Waals surface area contributed by atoms with Crippen LogP contribution in [0.4, 0.5) is 5.69 Å². The first kappa shape index (κ1) is 20.7. The molecule has 0 bridgehead atoms. The first-order chi connectivity index (χ1) is 15.2. The molecule has 2 aromatic heterocycles. The molecule has 0 aliphatic heterocycles. The normalized spacial score (nSPS) is 11.5. The van der Waals surface area contributed by atoms with Crippen molar-refractivity contribution in [2.24, 2.45) is 4.99 Å². The standard InChI is InChI=1S/C24H24N4O2S/c1-2-30-21-11-6-5-10-20(21)27-24(28-23(29)22-12-7-15-31-22)25-14-13-17-16-26-19-9-4-3-8-18(17)19/h3-12,15-16,26H,2,13-14H2,1H3,(H2,25,27,28,29). The number of benzene rings is 2. The molecule has 0 spiro atoms. The van der Waals surface area contributed by atoms with Gasteiger partial charge in [0.1, 0.15) is 5.75 Å². The Morgan fingerprint density at radius 3 is 2.77 bits per heavy atom. The minimum absolute atomic E-state index is 0.192. The highest BCUT2D eigenvalue weighted by molar-refractivity contribution is 7.12. The lowest BCUT2D eigenvalue weighted by molar-refractivity contribution is 0.0981. The van der Waals surface area contributed by atoms with E-state index in [0.29, 0.717) is 29.7 Å². The van der Waals surface area contributed by atoms with E-state index in [9.17, 15) is 4.79 Å². The first-order valence-corrected chi connectivity index (χ1v) is 11.1. The molecule has 0 unspecified atom stereocenters. The third kappa shape index (κ3) is 5.13. The molecule has 1 amide bonds. The second-order valence-electron chi connectivity index (χ2n) is 6.83. The quantitative estimate of drug-likeness (QED) is 0.282. The Morgan fingerprint density at radius 1 is 1.10 bits per heavy atom. The lowest BCUT2D eigenvalue weighted by atomic mass is 10.1. The molecule has 4 aromatic rings. The molecule has 0 radical (unpaired) electrons. The summed E-state index contributed by atoms with van der Waals surface area (Å²) in [6.07, 6.45) is 2.76. The van der Waals surface area contributed by atoms with Gasteiger partial charge in [-0.25, -0.2) is 0 Å². The molecule has 2 aromatic carbocycles. The number of ether oxygens (including phenoxy) is 1. The number of nitrogens with one attached hydrogen (secondary N) is 3. The molecule has 0 fully saturated rings. The number of anilines is 1. The van der Waals surface area contributed by atoms with E-state index in [1.807, 2.05) is 61.0 Å². The molecule has 6 nitrogen and oxygen atoms in total. The Hall–Kier alpha value is -3.58. The lowest BCUT2D eigenvalue weighted by Gasteiger charge is -2.14. The number of thiophene rings is 1. The molecule has 3 N–H and O–H groups in total. The molecule has 4 rings (SSSR count). The van der Waals surface area contributed by atoms with Crippen LogP contribution in [0.3, 0.4) is 0 Å². The molecule has 0 saturated heterocycles. The van der Waals surface area contributed by atoms with Crippen molar-refractivity contribution >= 4 is 39.8 Å². The molecule has 158 valence electrons. The van der Waals surface area contributed by atoms with Crippen LogP contribution in [0.5, 0.6) is 5.75 Å². The number of rotatable bonds is 7. The average Bonchev–Trinajstić information content (AvgIpc) is 3.46. The Labute approximate surface area is 185 Å². The minimum atomic E-state index is -0.192. The monoisotopic (exact) mass is 432 g/mol. The number of nitrogens with zero attached hydrogens (tertiary/aromatic N) is 1. The van der Waals surface area contributed by atoms with Crippen LogP contribution in [-0.4, -0.2) is 30.0 Å². The number of aromatic amines is 1. The molecule has 2 heterocycles. The summed E-state index contributed by atoms with van der Waals surface area (Å²) in [7, 11) is 0. The summed E-state index contributed by atoms with van der Waals surface area (Å²) < 4.78 is 5.69. The third-order valence-corrected chi connectivity index (χ3v) is 5.61. The van der Waals surface area contributed by atoms with Gasteiger partial charge in [-0.05, 0) is 48.6 Å². The number of hydrogen-bond acceptors (Lipinski definition) is 4. The van der Waals surface area contributed by atoms with Gasteiger partial charge in [0, 0.05) is 23.6 Å². The zero-order valence-corrected chi connectivity index (χ0v) is 18.0. The molecule has 7 heteroatoms. The maximum Gasteiger partial charge on any atom is 0.268 e. The van der Waals surface area contributed by atoms with E-state index in [1.54, 1.807) is 6.07 Å². The second kappa shape index (κ2) is 9.95. The maximum absolute atomic E-state index is 12.6. The number of H-pyrrole nitrogens is 1. The van der Waals surface area contributed by atoms with Crippen molar-refractivity contribution in [3.05, 3.63) is 82.7 Å². The fraction of sp³-hybridized carbons (Fsp3) is 0.167. The van der Waals surface area contributed by atoms with Crippen molar-refractivity contribution in [2.75, 3.05) is 18.5 Å². The van der Waals surface area contributed by atoms with Crippen LogP contribution in [-0.2, 0) is 6.42 Å². The smallest absolute Gasteiger partial charge is 0.268 e. The van der Waals surface area contributed by atoms with Crippen LogP contribution in [0.15, 0.2) is 77.2 Å². The predicted molar refractivity (Wildman–Crippen MR) is 127 cm³/mol. The summed E-state index contributed by atoms with van der Waals surface area (Å²) in [5, 5.41) is 9.20. The molecular formula is C24H24N4O2S. The maximum atomic E-state index is 12.6. The van der Waals surface area contributed by atoms with E-state index in [0.717, 1.165) is 17.6 Å². The van der Waals surface area contributed by atoms with Gasteiger partial charge in [-0.15, -0.1) is 11.3 Å². The molecule has 0 saturated carbocycles. The number of aromatic nitrogens is 1. The van der Waals surface area contributed by atoms with Crippen LogP contribution in [0, 0.1) is 0 Å². The number of hydrogen-bond donors (Lipinski definition) is 3. The van der Waals surface area contributed by atoms with Crippen molar-refractivity contribution < 1.29 is 9.53 Å². The zero-order valence-electron chi connectivity index (χ0n) is 17.2. The minimum Gasteiger partial charge on any atom is -0.492 e. The van der Waals surface area contributed by atoms with Gasteiger partial charge in [0.25, 0.3) is 5.91 Å². The van der Waals surface area contributed by atoms with Gasteiger partial charge in [0.15, 0.2) is 0 Å². The van der Waals surface area contributed by atoms with Crippen LogP contribution in [0.25, 0.3) is 10.9 Å². The van der Waals surface area contributed by atoms with Crippen molar-refractivity contribution in [1.29, 1.82) is 0 Å². The van der Waals surface area contributed by atoms with Crippen LogP contribution >= 0.6 is 11.3 Å². The van der Waals surface area contributed by atoms with E-state index in [1.165, 1.54) is 22.3 Å². The van der Waals surface area contributed by atoms with E-state index >= 15 is 0 Å². The first-order valence-electron chi connectivity index (χ1n) is 10.2. The van der Waals surface area contributed by atoms with Crippen molar-refractivity contribution in [3.8, 4) is 5.75 Å². The van der Waals surface area contributed by atoms with Crippen molar-refractivity contribution in [3.63, 3.8) is 0 Å². The SMILES string of the molecule is CCOc1ccccc1NC(=NCCc1c[nH]c2ccccc12)NC(=O)c1cccs1.